The molecule has 1 N–H and O–H groups in total. The third-order valence-electron chi connectivity index (χ3n) is 5.48. The zero-order valence-electron chi connectivity index (χ0n) is 16.4. The van der Waals surface area contributed by atoms with E-state index in [2.05, 4.69) is 24.3 Å². The van der Waals surface area contributed by atoms with Crippen molar-refractivity contribution in [2.45, 2.75) is 6.54 Å². The van der Waals surface area contributed by atoms with Crippen molar-refractivity contribution in [2.75, 3.05) is 26.2 Å². The van der Waals surface area contributed by atoms with Crippen molar-refractivity contribution < 1.29 is 14.5 Å². The molecule has 29 heavy (non-hydrogen) atoms. The molecule has 0 bridgehead atoms. The Bertz CT molecular complexity index is 961. The van der Waals surface area contributed by atoms with E-state index < -0.39 is 0 Å². The summed E-state index contributed by atoms with van der Waals surface area (Å²) in [4.78, 5) is 28.8. The number of rotatable bonds is 5. The standard InChI is InChI=1S/C25H24N2O2/c28-24(21-9-5-2-6-10-21)22-11-13-23(14-12-22)25(29)27-17-15-26(16-18-27)19-20-7-3-1-4-8-20/h1-14H,15-19H2/p+1. The highest BCUT2D eigenvalue weighted by Gasteiger charge is 2.24. The second-order valence-corrected chi connectivity index (χ2v) is 7.48. The van der Waals surface area contributed by atoms with Gasteiger partial charge >= 0.3 is 0 Å². The monoisotopic (exact) mass is 385 g/mol. The van der Waals surface area contributed by atoms with Crippen molar-refractivity contribution in [3.63, 3.8) is 0 Å². The smallest absolute Gasteiger partial charge is 0.254 e. The van der Waals surface area contributed by atoms with Crippen LogP contribution in [0.15, 0.2) is 84.9 Å². The van der Waals surface area contributed by atoms with Gasteiger partial charge in [0.25, 0.3) is 5.91 Å². The first kappa shape index (κ1) is 19.1. The minimum atomic E-state index is -0.0253. The molecule has 4 rings (SSSR count). The zero-order valence-corrected chi connectivity index (χ0v) is 16.4. The molecule has 0 aliphatic carbocycles. The van der Waals surface area contributed by atoms with Crippen molar-refractivity contribution in [3.05, 3.63) is 107 Å². The van der Waals surface area contributed by atoms with Gasteiger partial charge in [-0.05, 0) is 12.1 Å². The fourth-order valence-electron chi connectivity index (χ4n) is 3.79. The Morgan fingerprint density at radius 1 is 0.690 bits per heavy atom. The lowest BCUT2D eigenvalue weighted by molar-refractivity contribution is -0.917. The zero-order chi connectivity index (χ0) is 20.1. The molecule has 0 unspecified atom stereocenters. The molecule has 146 valence electrons. The summed E-state index contributed by atoms with van der Waals surface area (Å²) in [6, 6.07) is 26.7. The number of nitrogens with one attached hydrogen (secondary N) is 1. The quantitative estimate of drug-likeness (QED) is 0.686. The highest BCUT2D eigenvalue weighted by Crippen LogP contribution is 2.13. The first-order valence-corrected chi connectivity index (χ1v) is 10.1. The van der Waals surface area contributed by atoms with Crippen LogP contribution in [0, 0.1) is 0 Å². The molecule has 4 nitrogen and oxygen atoms in total. The van der Waals surface area contributed by atoms with Gasteiger partial charge in [0.2, 0.25) is 0 Å². The van der Waals surface area contributed by atoms with E-state index in [9.17, 15) is 9.59 Å². The second-order valence-electron chi connectivity index (χ2n) is 7.48. The number of hydrogen-bond donors (Lipinski definition) is 1. The van der Waals surface area contributed by atoms with Gasteiger partial charge in [0.15, 0.2) is 5.78 Å². The van der Waals surface area contributed by atoms with E-state index in [1.807, 2.05) is 29.2 Å². The van der Waals surface area contributed by atoms with Crippen LogP contribution in [-0.2, 0) is 6.54 Å². The van der Waals surface area contributed by atoms with Crippen molar-refractivity contribution in [2.24, 2.45) is 0 Å². The first-order chi connectivity index (χ1) is 14.2. The van der Waals surface area contributed by atoms with Gasteiger partial charge in [-0.25, -0.2) is 0 Å². The fraction of sp³-hybridized carbons (Fsp3) is 0.200. The number of amides is 1. The topological polar surface area (TPSA) is 41.8 Å². The largest absolute Gasteiger partial charge is 0.328 e. The number of carbonyl (C=O) groups excluding carboxylic acids is 2. The van der Waals surface area contributed by atoms with E-state index in [4.69, 9.17) is 0 Å². The lowest BCUT2D eigenvalue weighted by atomic mass is 10.0. The van der Waals surface area contributed by atoms with Gasteiger partial charge in [-0.1, -0.05) is 72.8 Å². The van der Waals surface area contributed by atoms with Gasteiger partial charge < -0.3 is 9.80 Å². The van der Waals surface area contributed by atoms with E-state index in [1.54, 1.807) is 36.4 Å². The molecule has 1 aliphatic heterocycles. The van der Waals surface area contributed by atoms with Crippen LogP contribution < -0.4 is 4.90 Å². The van der Waals surface area contributed by atoms with E-state index in [1.165, 1.54) is 10.5 Å². The molecular weight excluding hydrogens is 360 g/mol. The number of quaternary nitrogens is 1. The van der Waals surface area contributed by atoms with Crippen molar-refractivity contribution in [3.8, 4) is 0 Å². The molecule has 3 aromatic carbocycles. The predicted molar refractivity (Wildman–Crippen MR) is 113 cm³/mol. The minimum Gasteiger partial charge on any atom is -0.328 e. The maximum Gasteiger partial charge on any atom is 0.254 e. The SMILES string of the molecule is O=C(c1ccccc1)c1ccc(C(=O)N2CC[NH+](Cc3ccccc3)CC2)cc1. The fourth-order valence-corrected chi connectivity index (χ4v) is 3.79. The Morgan fingerprint density at radius 3 is 1.83 bits per heavy atom. The first-order valence-electron chi connectivity index (χ1n) is 10.1. The third-order valence-corrected chi connectivity index (χ3v) is 5.48. The minimum absolute atomic E-state index is 0.0253. The molecule has 1 heterocycles. The summed E-state index contributed by atoms with van der Waals surface area (Å²) in [5.41, 5.74) is 3.23. The Balaban J connectivity index is 1.35. The maximum absolute atomic E-state index is 12.8. The van der Waals surface area contributed by atoms with Crippen LogP contribution in [0.2, 0.25) is 0 Å². The van der Waals surface area contributed by atoms with Crippen LogP contribution in [0.25, 0.3) is 0 Å². The summed E-state index contributed by atoms with van der Waals surface area (Å²) < 4.78 is 0. The molecule has 0 atom stereocenters. The molecule has 0 saturated carbocycles. The van der Waals surface area contributed by atoms with Crippen molar-refractivity contribution in [1.82, 2.24) is 4.90 Å². The van der Waals surface area contributed by atoms with E-state index >= 15 is 0 Å². The maximum atomic E-state index is 12.8. The summed E-state index contributed by atoms with van der Waals surface area (Å²) in [5.74, 6) is 0.0187. The molecule has 1 fully saturated rings. The normalized spacial score (nSPS) is 14.6. The van der Waals surface area contributed by atoms with Gasteiger partial charge in [-0.2, -0.15) is 0 Å². The number of carbonyl (C=O) groups is 2. The van der Waals surface area contributed by atoms with Crippen LogP contribution in [0.1, 0.15) is 31.8 Å². The highest BCUT2D eigenvalue weighted by molar-refractivity contribution is 6.09. The van der Waals surface area contributed by atoms with E-state index in [-0.39, 0.29) is 11.7 Å². The summed E-state index contributed by atoms with van der Waals surface area (Å²) in [6.07, 6.45) is 0. The Kier molecular flexibility index (Phi) is 5.82. The average molecular weight is 385 g/mol. The van der Waals surface area contributed by atoms with Crippen LogP contribution in [-0.4, -0.2) is 42.8 Å². The summed E-state index contributed by atoms with van der Waals surface area (Å²) >= 11 is 0. The molecule has 4 heteroatoms. The molecule has 1 amide bonds. The number of ketones is 1. The van der Waals surface area contributed by atoms with E-state index in [0.717, 1.165) is 32.7 Å². The second kappa shape index (κ2) is 8.84. The van der Waals surface area contributed by atoms with Crippen LogP contribution >= 0.6 is 0 Å². The highest BCUT2D eigenvalue weighted by atomic mass is 16.2. The van der Waals surface area contributed by atoms with Crippen molar-refractivity contribution >= 4 is 11.7 Å². The van der Waals surface area contributed by atoms with Crippen molar-refractivity contribution in [1.29, 1.82) is 0 Å². The van der Waals surface area contributed by atoms with Gasteiger partial charge in [-0.15, -0.1) is 0 Å². The summed E-state index contributed by atoms with van der Waals surface area (Å²) in [5, 5.41) is 0. The van der Waals surface area contributed by atoms with Crippen LogP contribution in [0.4, 0.5) is 0 Å². The molecular formula is C25H25N2O2+. The molecule has 1 saturated heterocycles. The van der Waals surface area contributed by atoms with Gasteiger partial charge in [0.1, 0.15) is 6.54 Å². The summed E-state index contributed by atoms with van der Waals surface area (Å²) in [7, 11) is 0. The summed E-state index contributed by atoms with van der Waals surface area (Å²) in [6.45, 7) is 4.41. The number of benzene rings is 3. The van der Waals surface area contributed by atoms with Crippen LogP contribution in [0.3, 0.4) is 0 Å². The lowest BCUT2D eigenvalue weighted by Crippen LogP contribution is -3.13. The van der Waals surface area contributed by atoms with E-state index in [0.29, 0.717) is 16.7 Å². The van der Waals surface area contributed by atoms with Gasteiger partial charge in [-0.3, -0.25) is 9.59 Å². The molecule has 1 aliphatic rings. The molecule has 0 aromatic heterocycles. The predicted octanol–water partition coefficient (Wildman–Crippen LogP) is 2.46. The molecule has 0 radical (unpaired) electrons. The number of piperazine rings is 1. The molecule has 3 aromatic rings. The van der Waals surface area contributed by atoms with Gasteiger partial charge in [0.05, 0.1) is 26.2 Å². The Morgan fingerprint density at radius 2 is 1.21 bits per heavy atom. The Labute approximate surface area is 171 Å². The average Bonchev–Trinajstić information content (AvgIpc) is 2.80. The molecule has 0 spiro atoms. The Hall–Kier alpha value is -3.24. The van der Waals surface area contributed by atoms with Gasteiger partial charge in [0, 0.05) is 22.3 Å². The lowest BCUT2D eigenvalue weighted by Gasteiger charge is -2.32. The number of hydrogen-bond acceptors (Lipinski definition) is 2. The number of nitrogens with zero attached hydrogens (tertiary/aromatic N) is 1. The third kappa shape index (κ3) is 4.61. The van der Waals surface area contributed by atoms with Crippen LogP contribution in [0.5, 0.6) is 0 Å².